The van der Waals surface area contributed by atoms with E-state index in [1.807, 2.05) is 11.8 Å². The fourth-order valence-electron chi connectivity index (χ4n) is 1.49. The van der Waals surface area contributed by atoms with Gasteiger partial charge in [0.2, 0.25) is 0 Å². The fourth-order valence-corrected chi connectivity index (χ4v) is 3.35. The quantitative estimate of drug-likeness (QED) is 0.787. The van der Waals surface area contributed by atoms with Gasteiger partial charge < -0.3 is 5.11 Å². The van der Waals surface area contributed by atoms with Crippen molar-refractivity contribution in [3.05, 3.63) is 15.9 Å². The Morgan fingerprint density at radius 3 is 2.75 bits per heavy atom. The summed E-state index contributed by atoms with van der Waals surface area (Å²) in [5, 5.41) is 13.3. The number of hydrogen-bond acceptors (Lipinski definition) is 3. The lowest BCUT2D eigenvalue weighted by Gasteiger charge is -2.04. The molecule has 3 nitrogen and oxygen atoms in total. The highest BCUT2D eigenvalue weighted by atomic mass is 79.9. The van der Waals surface area contributed by atoms with Crippen LogP contribution in [0.2, 0.25) is 0 Å². The Morgan fingerprint density at radius 2 is 2.19 bits per heavy atom. The molecule has 16 heavy (non-hydrogen) atoms. The minimum absolute atomic E-state index is 0.279. The van der Waals surface area contributed by atoms with Gasteiger partial charge in [-0.3, -0.25) is 4.68 Å². The van der Waals surface area contributed by atoms with Gasteiger partial charge in [0.15, 0.2) is 0 Å². The van der Waals surface area contributed by atoms with E-state index in [2.05, 4.69) is 39.6 Å². The highest BCUT2D eigenvalue weighted by molar-refractivity contribution is 9.10. The second-order valence-electron chi connectivity index (χ2n) is 3.51. The minimum Gasteiger partial charge on any atom is -0.396 e. The number of aryl methyl sites for hydroxylation is 2. The average Bonchev–Trinajstić information content (AvgIpc) is 2.61. The first-order valence-corrected chi connectivity index (χ1v) is 7.62. The lowest BCUT2D eigenvalue weighted by molar-refractivity contribution is 0.296. The molecule has 0 saturated carbocycles. The zero-order chi connectivity index (χ0) is 12.0. The molecule has 0 radical (unpaired) electrons. The van der Waals surface area contributed by atoms with Crippen molar-refractivity contribution in [2.45, 2.75) is 39.0 Å². The Kier molecular flexibility index (Phi) is 6.46. The van der Waals surface area contributed by atoms with Gasteiger partial charge in [-0.15, -0.1) is 0 Å². The highest BCUT2D eigenvalue weighted by Gasteiger charge is 2.13. The molecule has 1 N–H and O–H groups in total. The van der Waals surface area contributed by atoms with Crippen LogP contribution in [0, 0.1) is 0 Å². The number of aromatic nitrogens is 2. The van der Waals surface area contributed by atoms with E-state index in [1.165, 1.54) is 5.69 Å². The van der Waals surface area contributed by atoms with Gasteiger partial charge in [-0.25, -0.2) is 0 Å². The van der Waals surface area contributed by atoms with E-state index in [0.717, 1.165) is 41.1 Å². The third-order valence-corrected chi connectivity index (χ3v) is 4.35. The molecule has 92 valence electrons. The number of aliphatic hydroxyl groups is 1. The average molecular weight is 307 g/mol. The molecular formula is C11H19BrN2OS. The van der Waals surface area contributed by atoms with Crippen molar-refractivity contribution >= 4 is 27.7 Å². The summed E-state index contributed by atoms with van der Waals surface area (Å²) >= 11 is 5.47. The van der Waals surface area contributed by atoms with E-state index in [0.29, 0.717) is 0 Å². The monoisotopic (exact) mass is 306 g/mol. The van der Waals surface area contributed by atoms with E-state index >= 15 is 0 Å². The van der Waals surface area contributed by atoms with Gasteiger partial charge in [0.1, 0.15) is 0 Å². The molecule has 0 aromatic carbocycles. The maximum atomic E-state index is 8.72. The third-order valence-electron chi connectivity index (χ3n) is 2.38. The first kappa shape index (κ1) is 14.1. The molecule has 1 aromatic rings. The van der Waals surface area contributed by atoms with Crippen molar-refractivity contribution in [3.8, 4) is 0 Å². The summed E-state index contributed by atoms with van der Waals surface area (Å²) in [6.07, 6.45) is 1.82. The standard InChI is InChI=1S/C11H19BrN2OS/c1-3-9-11(12)10(14(4-2)13-9)8-16-7-5-6-15/h15H,3-8H2,1-2H3. The summed E-state index contributed by atoms with van der Waals surface area (Å²) in [6.45, 7) is 5.42. The molecule has 0 spiro atoms. The summed E-state index contributed by atoms with van der Waals surface area (Å²) in [5.41, 5.74) is 2.40. The number of thioether (sulfide) groups is 1. The first-order valence-electron chi connectivity index (χ1n) is 5.67. The second kappa shape index (κ2) is 7.35. The fraction of sp³-hybridized carbons (Fsp3) is 0.727. The maximum absolute atomic E-state index is 8.72. The summed E-state index contributed by atoms with van der Waals surface area (Å²) < 4.78 is 3.22. The Balaban J connectivity index is 2.65. The summed E-state index contributed by atoms with van der Waals surface area (Å²) in [6, 6.07) is 0. The lowest BCUT2D eigenvalue weighted by Crippen LogP contribution is -2.02. The lowest BCUT2D eigenvalue weighted by atomic mass is 10.3. The van der Waals surface area contributed by atoms with Crippen LogP contribution in [0.5, 0.6) is 0 Å². The number of hydrogen-bond donors (Lipinski definition) is 1. The first-order chi connectivity index (χ1) is 7.74. The van der Waals surface area contributed by atoms with Crippen LogP contribution in [0.25, 0.3) is 0 Å². The SMILES string of the molecule is CCc1nn(CC)c(CSCCCO)c1Br. The molecule has 0 bridgehead atoms. The van der Waals surface area contributed by atoms with Crippen molar-refractivity contribution in [1.82, 2.24) is 9.78 Å². The van der Waals surface area contributed by atoms with Crippen LogP contribution in [0.15, 0.2) is 4.47 Å². The summed E-state index contributed by atoms with van der Waals surface area (Å²) in [4.78, 5) is 0. The minimum atomic E-state index is 0.279. The van der Waals surface area contributed by atoms with Crippen molar-refractivity contribution in [1.29, 1.82) is 0 Å². The predicted molar refractivity (Wildman–Crippen MR) is 72.8 cm³/mol. The normalized spacial score (nSPS) is 11.0. The molecule has 0 unspecified atom stereocenters. The molecule has 1 heterocycles. The maximum Gasteiger partial charge on any atom is 0.0767 e. The van der Waals surface area contributed by atoms with Gasteiger partial charge in [0.05, 0.1) is 15.9 Å². The molecule has 0 saturated heterocycles. The van der Waals surface area contributed by atoms with E-state index in [1.54, 1.807) is 0 Å². The van der Waals surface area contributed by atoms with Gasteiger partial charge in [-0.05, 0) is 41.4 Å². The molecule has 0 fully saturated rings. The Morgan fingerprint density at radius 1 is 1.44 bits per heavy atom. The highest BCUT2D eigenvalue weighted by Crippen LogP contribution is 2.26. The molecule has 0 aliphatic carbocycles. The van der Waals surface area contributed by atoms with Crippen LogP contribution in [-0.2, 0) is 18.7 Å². The van der Waals surface area contributed by atoms with Crippen LogP contribution in [0.4, 0.5) is 0 Å². The van der Waals surface area contributed by atoms with Gasteiger partial charge in [0.25, 0.3) is 0 Å². The van der Waals surface area contributed by atoms with Crippen LogP contribution < -0.4 is 0 Å². The number of aliphatic hydroxyl groups excluding tert-OH is 1. The van der Waals surface area contributed by atoms with Gasteiger partial charge in [0, 0.05) is 18.9 Å². The largest absolute Gasteiger partial charge is 0.396 e. The van der Waals surface area contributed by atoms with E-state index in [-0.39, 0.29) is 6.61 Å². The van der Waals surface area contributed by atoms with Crippen molar-refractivity contribution in [3.63, 3.8) is 0 Å². The molecule has 0 aliphatic rings. The molecule has 5 heteroatoms. The van der Waals surface area contributed by atoms with Crippen molar-refractivity contribution in [2.75, 3.05) is 12.4 Å². The van der Waals surface area contributed by atoms with E-state index in [4.69, 9.17) is 5.11 Å². The Labute approximate surface area is 110 Å². The molecule has 1 rings (SSSR count). The van der Waals surface area contributed by atoms with Crippen molar-refractivity contribution < 1.29 is 5.11 Å². The molecule has 1 aromatic heterocycles. The van der Waals surface area contributed by atoms with Gasteiger partial charge >= 0.3 is 0 Å². The van der Waals surface area contributed by atoms with Crippen LogP contribution in [0.3, 0.4) is 0 Å². The third kappa shape index (κ3) is 3.50. The van der Waals surface area contributed by atoms with Crippen LogP contribution in [-0.4, -0.2) is 27.2 Å². The summed E-state index contributed by atoms with van der Waals surface area (Å²) in [5.74, 6) is 1.96. The number of halogens is 1. The number of rotatable bonds is 7. The van der Waals surface area contributed by atoms with E-state index in [9.17, 15) is 0 Å². The van der Waals surface area contributed by atoms with Gasteiger partial charge in [-0.2, -0.15) is 16.9 Å². The molecule has 0 aliphatic heterocycles. The number of nitrogens with zero attached hydrogens (tertiary/aromatic N) is 2. The predicted octanol–water partition coefficient (Wildman–Crippen LogP) is 2.84. The smallest absolute Gasteiger partial charge is 0.0767 e. The van der Waals surface area contributed by atoms with Crippen LogP contribution >= 0.6 is 27.7 Å². The van der Waals surface area contributed by atoms with E-state index < -0.39 is 0 Å². The molecular weight excluding hydrogens is 288 g/mol. The Hall–Kier alpha value is -0.0000000000000000555. The van der Waals surface area contributed by atoms with Gasteiger partial charge in [-0.1, -0.05) is 6.92 Å². The molecule has 0 atom stereocenters. The zero-order valence-electron chi connectivity index (χ0n) is 9.87. The van der Waals surface area contributed by atoms with Crippen molar-refractivity contribution in [2.24, 2.45) is 0 Å². The Bertz CT molecular complexity index is 328. The molecule has 0 amide bonds. The van der Waals surface area contributed by atoms with Crippen LogP contribution in [0.1, 0.15) is 31.7 Å². The topological polar surface area (TPSA) is 38.0 Å². The zero-order valence-corrected chi connectivity index (χ0v) is 12.3. The summed E-state index contributed by atoms with van der Waals surface area (Å²) in [7, 11) is 0. The second-order valence-corrected chi connectivity index (χ2v) is 5.40.